The number of benzene rings is 2. The van der Waals surface area contributed by atoms with Crippen molar-refractivity contribution in [3.8, 4) is 22.4 Å². The van der Waals surface area contributed by atoms with Crippen LogP contribution < -0.4 is 0 Å². The molecule has 5 rings (SSSR count). The molecular weight excluding hydrogens is 332 g/mol. The summed E-state index contributed by atoms with van der Waals surface area (Å²) in [6, 6.07) is 22.8. The van der Waals surface area contributed by atoms with E-state index in [4.69, 9.17) is 4.42 Å². The maximum absolute atomic E-state index is 6.03. The van der Waals surface area contributed by atoms with Gasteiger partial charge in [0, 0.05) is 28.2 Å². The van der Waals surface area contributed by atoms with Gasteiger partial charge in [0.2, 0.25) is 5.71 Å². The van der Waals surface area contributed by atoms with Crippen LogP contribution in [0, 0.1) is 13.8 Å². The molecule has 27 heavy (non-hydrogen) atoms. The maximum atomic E-state index is 6.03. The van der Waals surface area contributed by atoms with E-state index in [2.05, 4.69) is 59.4 Å². The predicted octanol–water partition coefficient (Wildman–Crippen LogP) is 6.33. The zero-order valence-electron chi connectivity index (χ0n) is 15.2. The van der Waals surface area contributed by atoms with Crippen LogP contribution in [0.4, 0.5) is 0 Å². The summed E-state index contributed by atoms with van der Waals surface area (Å²) in [6.07, 6.45) is 1.88. The summed E-state index contributed by atoms with van der Waals surface area (Å²) in [5, 5.41) is 2.11. The Kier molecular flexibility index (Phi) is 3.54. The van der Waals surface area contributed by atoms with E-state index in [-0.39, 0.29) is 0 Å². The van der Waals surface area contributed by atoms with Gasteiger partial charge >= 0.3 is 0 Å². The average molecular weight is 350 g/mol. The lowest BCUT2D eigenvalue weighted by atomic mass is 9.96. The van der Waals surface area contributed by atoms with Crippen LogP contribution in [0.5, 0.6) is 0 Å². The first-order valence-electron chi connectivity index (χ1n) is 9.02. The van der Waals surface area contributed by atoms with Gasteiger partial charge in [0.1, 0.15) is 5.58 Å². The highest BCUT2D eigenvalue weighted by Crippen LogP contribution is 2.38. The first-order chi connectivity index (χ1) is 13.2. The van der Waals surface area contributed by atoms with Gasteiger partial charge in [-0.2, -0.15) is 0 Å². The number of fused-ring (bicyclic) bond motifs is 3. The molecule has 0 bridgehead atoms. The second kappa shape index (κ2) is 6.06. The van der Waals surface area contributed by atoms with Crippen LogP contribution in [0.25, 0.3) is 44.5 Å². The number of rotatable bonds is 2. The van der Waals surface area contributed by atoms with Gasteiger partial charge in [0.15, 0.2) is 0 Å². The minimum Gasteiger partial charge on any atom is -0.438 e. The molecule has 0 N–H and O–H groups in total. The van der Waals surface area contributed by atoms with E-state index in [0.717, 1.165) is 38.9 Å². The zero-order valence-corrected chi connectivity index (χ0v) is 15.2. The van der Waals surface area contributed by atoms with Crippen molar-refractivity contribution >= 4 is 22.1 Å². The molecule has 3 nitrogen and oxygen atoms in total. The Bertz CT molecular complexity index is 1290. The van der Waals surface area contributed by atoms with Crippen LogP contribution in [-0.2, 0) is 0 Å². The van der Waals surface area contributed by atoms with Crippen molar-refractivity contribution < 1.29 is 4.42 Å². The summed E-state index contributed by atoms with van der Waals surface area (Å²) in [7, 11) is 0. The highest BCUT2D eigenvalue weighted by molar-refractivity contribution is 6.12. The largest absolute Gasteiger partial charge is 0.438 e. The highest BCUT2D eigenvalue weighted by Gasteiger charge is 2.17. The lowest BCUT2D eigenvalue weighted by molar-refractivity contribution is 0.652. The second-order valence-corrected chi connectivity index (χ2v) is 6.83. The number of aryl methyl sites for hydroxylation is 2. The molecule has 0 aliphatic rings. The molecule has 0 spiro atoms. The molecule has 130 valence electrons. The molecule has 5 aromatic rings. The van der Waals surface area contributed by atoms with E-state index in [0.29, 0.717) is 5.71 Å². The number of furan rings is 1. The highest BCUT2D eigenvalue weighted by atomic mass is 16.3. The fourth-order valence-electron chi connectivity index (χ4n) is 3.65. The number of hydrogen-bond acceptors (Lipinski definition) is 3. The molecule has 0 amide bonds. The summed E-state index contributed by atoms with van der Waals surface area (Å²) in [5.74, 6) is 0. The van der Waals surface area contributed by atoms with Gasteiger partial charge in [0.25, 0.3) is 0 Å². The Morgan fingerprint density at radius 3 is 2.52 bits per heavy atom. The SMILES string of the molecule is Cc1ccc2c(n1)oc1ccc(C)c(-c3cc(-c4ccccc4)ccn3)c12. The lowest BCUT2D eigenvalue weighted by Crippen LogP contribution is -1.90. The van der Waals surface area contributed by atoms with Crippen molar-refractivity contribution in [2.45, 2.75) is 13.8 Å². The van der Waals surface area contributed by atoms with Gasteiger partial charge < -0.3 is 4.42 Å². The van der Waals surface area contributed by atoms with E-state index in [1.165, 1.54) is 11.1 Å². The smallest absolute Gasteiger partial charge is 0.227 e. The Hall–Kier alpha value is -3.46. The van der Waals surface area contributed by atoms with E-state index < -0.39 is 0 Å². The predicted molar refractivity (Wildman–Crippen MR) is 110 cm³/mol. The Balaban J connectivity index is 1.80. The zero-order chi connectivity index (χ0) is 18.4. The molecule has 2 aromatic carbocycles. The standard InChI is InChI=1S/C24H18N2O/c1-15-8-11-21-23(19-10-9-16(2)26-24(19)27-21)22(15)20-14-18(12-13-25-20)17-6-4-3-5-7-17/h3-14H,1-2H3. The first kappa shape index (κ1) is 15.8. The average Bonchev–Trinajstić information content (AvgIpc) is 3.06. The summed E-state index contributed by atoms with van der Waals surface area (Å²) < 4.78 is 6.03. The molecular formula is C24H18N2O. The number of hydrogen-bond donors (Lipinski definition) is 0. The van der Waals surface area contributed by atoms with Crippen LogP contribution in [0.3, 0.4) is 0 Å². The van der Waals surface area contributed by atoms with Gasteiger partial charge in [-0.15, -0.1) is 0 Å². The van der Waals surface area contributed by atoms with Crippen molar-refractivity contribution in [1.82, 2.24) is 9.97 Å². The lowest BCUT2D eigenvalue weighted by Gasteiger charge is -2.09. The van der Waals surface area contributed by atoms with Crippen LogP contribution in [-0.4, -0.2) is 9.97 Å². The minimum atomic E-state index is 0.677. The number of aromatic nitrogens is 2. The second-order valence-electron chi connectivity index (χ2n) is 6.83. The third kappa shape index (κ3) is 2.59. The topological polar surface area (TPSA) is 38.9 Å². The molecule has 0 unspecified atom stereocenters. The first-order valence-corrected chi connectivity index (χ1v) is 9.02. The monoisotopic (exact) mass is 350 g/mol. The summed E-state index contributed by atoms with van der Waals surface area (Å²) in [5.41, 5.74) is 8.02. The molecule has 3 heterocycles. The van der Waals surface area contributed by atoms with Crippen molar-refractivity contribution in [1.29, 1.82) is 0 Å². The molecule has 0 atom stereocenters. The van der Waals surface area contributed by atoms with Crippen molar-refractivity contribution in [3.05, 3.63) is 84.2 Å². The van der Waals surface area contributed by atoms with Crippen molar-refractivity contribution in [3.63, 3.8) is 0 Å². The number of nitrogens with zero attached hydrogens (tertiary/aromatic N) is 2. The molecule has 0 aliphatic carbocycles. The third-order valence-corrected chi connectivity index (χ3v) is 4.97. The van der Waals surface area contributed by atoms with Gasteiger partial charge in [-0.25, -0.2) is 4.98 Å². The van der Waals surface area contributed by atoms with Gasteiger partial charge in [-0.1, -0.05) is 36.4 Å². The van der Waals surface area contributed by atoms with E-state index in [1.807, 2.05) is 37.4 Å². The van der Waals surface area contributed by atoms with Gasteiger partial charge in [-0.3, -0.25) is 4.98 Å². The Morgan fingerprint density at radius 2 is 1.67 bits per heavy atom. The fraction of sp³-hybridized carbons (Fsp3) is 0.0833. The molecule has 0 aliphatic heterocycles. The molecule has 0 saturated carbocycles. The van der Waals surface area contributed by atoms with E-state index >= 15 is 0 Å². The summed E-state index contributed by atoms with van der Waals surface area (Å²) in [6.45, 7) is 4.09. The fourth-order valence-corrected chi connectivity index (χ4v) is 3.65. The van der Waals surface area contributed by atoms with Crippen LogP contribution >= 0.6 is 0 Å². The van der Waals surface area contributed by atoms with Crippen LogP contribution in [0.1, 0.15) is 11.3 Å². The Morgan fingerprint density at radius 1 is 0.815 bits per heavy atom. The Labute approximate surface area is 157 Å². The molecule has 0 fully saturated rings. The van der Waals surface area contributed by atoms with Crippen molar-refractivity contribution in [2.24, 2.45) is 0 Å². The molecule has 0 saturated heterocycles. The van der Waals surface area contributed by atoms with Gasteiger partial charge in [-0.05, 0) is 60.9 Å². The third-order valence-electron chi connectivity index (χ3n) is 4.97. The normalized spacial score (nSPS) is 11.3. The summed E-state index contributed by atoms with van der Waals surface area (Å²) >= 11 is 0. The molecule has 0 radical (unpaired) electrons. The quantitative estimate of drug-likeness (QED) is 0.373. The molecule has 3 heteroatoms. The van der Waals surface area contributed by atoms with E-state index in [1.54, 1.807) is 0 Å². The van der Waals surface area contributed by atoms with Crippen LogP contribution in [0.2, 0.25) is 0 Å². The van der Waals surface area contributed by atoms with Crippen LogP contribution in [0.15, 0.2) is 77.3 Å². The minimum absolute atomic E-state index is 0.677. The summed E-state index contributed by atoms with van der Waals surface area (Å²) in [4.78, 5) is 9.24. The van der Waals surface area contributed by atoms with Gasteiger partial charge in [0.05, 0.1) is 5.69 Å². The maximum Gasteiger partial charge on any atom is 0.227 e. The van der Waals surface area contributed by atoms with Crippen molar-refractivity contribution in [2.75, 3.05) is 0 Å². The van der Waals surface area contributed by atoms with E-state index in [9.17, 15) is 0 Å². The number of pyridine rings is 2. The molecule has 3 aromatic heterocycles.